The molecule has 1 rings (SSSR count). The highest BCUT2D eigenvalue weighted by atomic mass is 79.9. The SMILES string of the molecule is Cc1cc(COS(N)(=O)=O)ccc1Br. The number of aryl methyl sites for hydroxylation is 1. The van der Waals surface area contributed by atoms with Crippen molar-refractivity contribution in [2.75, 3.05) is 0 Å². The Labute approximate surface area is 91.5 Å². The quantitative estimate of drug-likeness (QED) is 0.911. The Hall–Kier alpha value is -0.430. The zero-order valence-corrected chi connectivity index (χ0v) is 9.93. The zero-order chi connectivity index (χ0) is 10.8. The maximum Gasteiger partial charge on any atom is 0.333 e. The molecule has 1 aromatic rings. The third kappa shape index (κ3) is 3.75. The highest BCUT2D eigenvalue weighted by molar-refractivity contribution is 9.10. The van der Waals surface area contributed by atoms with Gasteiger partial charge < -0.3 is 0 Å². The van der Waals surface area contributed by atoms with Crippen LogP contribution in [0.2, 0.25) is 0 Å². The lowest BCUT2D eigenvalue weighted by atomic mass is 10.1. The molecule has 6 heteroatoms. The summed E-state index contributed by atoms with van der Waals surface area (Å²) in [5.41, 5.74) is 1.78. The van der Waals surface area contributed by atoms with Crippen LogP contribution in [0.25, 0.3) is 0 Å². The summed E-state index contributed by atoms with van der Waals surface area (Å²) in [6.07, 6.45) is 0. The maximum atomic E-state index is 10.5. The molecule has 0 heterocycles. The van der Waals surface area contributed by atoms with Gasteiger partial charge in [0.05, 0.1) is 6.61 Å². The second-order valence-corrected chi connectivity index (χ2v) is 4.91. The van der Waals surface area contributed by atoms with Crippen molar-refractivity contribution in [2.45, 2.75) is 13.5 Å². The molecule has 0 saturated heterocycles. The number of rotatable bonds is 3. The molecule has 2 N–H and O–H groups in total. The van der Waals surface area contributed by atoms with Crippen molar-refractivity contribution in [2.24, 2.45) is 5.14 Å². The number of halogens is 1. The average molecular weight is 280 g/mol. The fraction of sp³-hybridized carbons (Fsp3) is 0.250. The van der Waals surface area contributed by atoms with E-state index >= 15 is 0 Å². The number of nitrogens with two attached hydrogens (primary N) is 1. The van der Waals surface area contributed by atoms with Gasteiger partial charge in [0, 0.05) is 4.47 Å². The van der Waals surface area contributed by atoms with Crippen LogP contribution in [0.4, 0.5) is 0 Å². The van der Waals surface area contributed by atoms with E-state index in [1.807, 2.05) is 19.1 Å². The Morgan fingerprint density at radius 1 is 1.50 bits per heavy atom. The van der Waals surface area contributed by atoms with Crippen LogP contribution in [0.1, 0.15) is 11.1 Å². The molecule has 0 bridgehead atoms. The minimum atomic E-state index is -3.86. The first-order chi connectivity index (χ1) is 6.38. The molecule has 1 aromatic carbocycles. The van der Waals surface area contributed by atoms with E-state index in [2.05, 4.69) is 20.1 Å². The van der Waals surface area contributed by atoms with Crippen LogP contribution in [-0.2, 0) is 21.1 Å². The third-order valence-electron chi connectivity index (χ3n) is 1.61. The van der Waals surface area contributed by atoms with Crippen molar-refractivity contribution >= 4 is 26.2 Å². The third-order valence-corrected chi connectivity index (χ3v) is 2.95. The van der Waals surface area contributed by atoms with Crippen LogP contribution in [0.15, 0.2) is 22.7 Å². The summed E-state index contributed by atoms with van der Waals surface area (Å²) < 4.78 is 26.4. The lowest BCUT2D eigenvalue weighted by Crippen LogP contribution is -2.15. The number of hydrogen-bond donors (Lipinski definition) is 1. The lowest BCUT2D eigenvalue weighted by molar-refractivity contribution is 0.308. The first-order valence-corrected chi connectivity index (χ1v) is 6.07. The van der Waals surface area contributed by atoms with Gasteiger partial charge in [-0.1, -0.05) is 28.1 Å². The van der Waals surface area contributed by atoms with Gasteiger partial charge in [-0.3, -0.25) is 4.18 Å². The van der Waals surface area contributed by atoms with Crippen molar-refractivity contribution in [1.29, 1.82) is 0 Å². The Bertz CT molecular complexity index is 430. The summed E-state index contributed by atoms with van der Waals surface area (Å²) in [5.74, 6) is 0. The van der Waals surface area contributed by atoms with E-state index in [1.165, 1.54) is 0 Å². The summed E-state index contributed by atoms with van der Waals surface area (Å²) >= 11 is 3.34. The van der Waals surface area contributed by atoms with Gasteiger partial charge in [-0.15, -0.1) is 0 Å². The monoisotopic (exact) mass is 279 g/mol. The van der Waals surface area contributed by atoms with Gasteiger partial charge in [0.25, 0.3) is 0 Å². The summed E-state index contributed by atoms with van der Waals surface area (Å²) in [7, 11) is -3.86. The van der Waals surface area contributed by atoms with Crippen LogP contribution in [0.5, 0.6) is 0 Å². The number of benzene rings is 1. The van der Waals surface area contributed by atoms with E-state index in [4.69, 9.17) is 5.14 Å². The second kappa shape index (κ2) is 4.39. The molecule has 0 fully saturated rings. The van der Waals surface area contributed by atoms with Crippen LogP contribution in [-0.4, -0.2) is 8.42 Å². The first-order valence-electron chi connectivity index (χ1n) is 3.80. The van der Waals surface area contributed by atoms with Crippen LogP contribution in [0, 0.1) is 6.92 Å². The minimum Gasteiger partial charge on any atom is -0.253 e. The highest BCUT2D eigenvalue weighted by Crippen LogP contribution is 2.17. The number of hydrogen-bond acceptors (Lipinski definition) is 3. The molecule has 0 atom stereocenters. The molecular weight excluding hydrogens is 270 g/mol. The summed E-state index contributed by atoms with van der Waals surface area (Å²) in [6, 6.07) is 5.43. The minimum absolute atomic E-state index is 0.0348. The van der Waals surface area contributed by atoms with Crippen molar-refractivity contribution in [3.05, 3.63) is 33.8 Å². The van der Waals surface area contributed by atoms with E-state index in [0.717, 1.165) is 15.6 Å². The molecule has 14 heavy (non-hydrogen) atoms. The normalized spacial score (nSPS) is 11.6. The van der Waals surface area contributed by atoms with Crippen LogP contribution in [0.3, 0.4) is 0 Å². The Kier molecular flexibility index (Phi) is 3.65. The molecule has 0 radical (unpaired) electrons. The predicted molar refractivity (Wildman–Crippen MR) is 56.8 cm³/mol. The Morgan fingerprint density at radius 2 is 2.14 bits per heavy atom. The summed E-state index contributed by atoms with van der Waals surface area (Å²) in [4.78, 5) is 0. The highest BCUT2D eigenvalue weighted by Gasteiger charge is 2.03. The second-order valence-electron chi connectivity index (χ2n) is 2.84. The van der Waals surface area contributed by atoms with Gasteiger partial charge in [-0.05, 0) is 24.1 Å². The fourth-order valence-corrected chi connectivity index (χ4v) is 1.49. The van der Waals surface area contributed by atoms with Crippen molar-refractivity contribution in [3.63, 3.8) is 0 Å². The van der Waals surface area contributed by atoms with Crippen molar-refractivity contribution < 1.29 is 12.6 Å². The van der Waals surface area contributed by atoms with E-state index in [9.17, 15) is 8.42 Å². The van der Waals surface area contributed by atoms with Gasteiger partial charge in [0.15, 0.2) is 0 Å². The average Bonchev–Trinajstić information content (AvgIpc) is 2.06. The zero-order valence-electron chi connectivity index (χ0n) is 7.53. The first kappa shape index (κ1) is 11.6. The van der Waals surface area contributed by atoms with E-state index in [-0.39, 0.29) is 6.61 Å². The smallest absolute Gasteiger partial charge is 0.253 e. The molecule has 0 saturated carbocycles. The van der Waals surface area contributed by atoms with Gasteiger partial charge in [0.2, 0.25) is 0 Å². The van der Waals surface area contributed by atoms with Crippen LogP contribution >= 0.6 is 15.9 Å². The maximum absolute atomic E-state index is 10.5. The summed E-state index contributed by atoms with van der Waals surface area (Å²) in [6.45, 7) is 1.87. The molecule has 0 amide bonds. The molecule has 4 nitrogen and oxygen atoms in total. The molecule has 0 unspecified atom stereocenters. The molecule has 0 spiro atoms. The fourth-order valence-electron chi connectivity index (χ4n) is 0.947. The topological polar surface area (TPSA) is 69.4 Å². The molecule has 0 aliphatic carbocycles. The van der Waals surface area contributed by atoms with Gasteiger partial charge in [0.1, 0.15) is 0 Å². The molecule has 0 aromatic heterocycles. The predicted octanol–water partition coefficient (Wildman–Crippen LogP) is 1.48. The largest absolute Gasteiger partial charge is 0.333 e. The Balaban J connectivity index is 2.74. The molecule has 0 aliphatic heterocycles. The van der Waals surface area contributed by atoms with Gasteiger partial charge >= 0.3 is 10.3 Å². The lowest BCUT2D eigenvalue weighted by Gasteiger charge is -2.03. The van der Waals surface area contributed by atoms with Crippen molar-refractivity contribution in [3.8, 4) is 0 Å². The van der Waals surface area contributed by atoms with Crippen LogP contribution < -0.4 is 5.14 Å². The molecule has 78 valence electrons. The van der Waals surface area contributed by atoms with Gasteiger partial charge in [-0.2, -0.15) is 8.42 Å². The van der Waals surface area contributed by atoms with E-state index in [0.29, 0.717) is 0 Å². The molecular formula is C8H10BrNO3S. The summed E-state index contributed by atoms with van der Waals surface area (Å²) in [5, 5.41) is 4.69. The van der Waals surface area contributed by atoms with Crippen molar-refractivity contribution in [1.82, 2.24) is 0 Å². The van der Waals surface area contributed by atoms with Gasteiger partial charge in [-0.25, -0.2) is 5.14 Å². The Morgan fingerprint density at radius 3 is 2.64 bits per heavy atom. The van der Waals surface area contributed by atoms with E-state index < -0.39 is 10.3 Å². The van der Waals surface area contributed by atoms with E-state index in [1.54, 1.807) is 6.07 Å². The molecule has 0 aliphatic rings. The standard InChI is InChI=1S/C8H10BrNO3S/c1-6-4-7(2-3-8(6)9)5-13-14(10,11)12/h2-4H,5H2,1H3,(H2,10,11,12).